The van der Waals surface area contributed by atoms with Crippen LogP contribution >= 0.6 is 11.8 Å². The summed E-state index contributed by atoms with van der Waals surface area (Å²) in [5.74, 6) is 2.12. The van der Waals surface area contributed by atoms with E-state index in [9.17, 15) is 0 Å². The van der Waals surface area contributed by atoms with Crippen LogP contribution in [0.1, 0.15) is 38.1 Å². The minimum atomic E-state index is 0.509. The average Bonchev–Trinajstić information content (AvgIpc) is 2.92. The molecule has 0 aliphatic carbocycles. The molecule has 0 unspecified atom stereocenters. The quantitative estimate of drug-likeness (QED) is 0.792. The number of hydrogen-bond donors (Lipinski definition) is 1. The molecule has 0 saturated carbocycles. The first kappa shape index (κ1) is 15.1. The van der Waals surface area contributed by atoms with Crippen molar-refractivity contribution in [1.82, 2.24) is 15.5 Å². The van der Waals surface area contributed by atoms with E-state index in [1.165, 1.54) is 10.5 Å². The lowest BCUT2D eigenvalue weighted by Crippen LogP contribution is -2.21. The molecule has 0 bridgehead atoms. The minimum Gasteiger partial charge on any atom is -0.424 e. The molecule has 1 aromatic heterocycles. The van der Waals surface area contributed by atoms with Crippen molar-refractivity contribution >= 4 is 11.8 Å². The second kappa shape index (κ2) is 7.45. The van der Waals surface area contributed by atoms with Crippen molar-refractivity contribution in [3.05, 3.63) is 41.6 Å². The van der Waals surface area contributed by atoms with Crippen LogP contribution in [0.25, 0.3) is 0 Å². The largest absolute Gasteiger partial charge is 0.424 e. The Balaban J connectivity index is 1.84. The molecule has 20 heavy (non-hydrogen) atoms. The molecule has 0 fully saturated rings. The Labute approximate surface area is 124 Å². The number of aryl methyl sites for hydroxylation is 1. The van der Waals surface area contributed by atoms with E-state index < -0.39 is 0 Å². The first-order valence-corrected chi connectivity index (χ1v) is 7.92. The molecule has 0 amide bonds. The van der Waals surface area contributed by atoms with Gasteiger partial charge in [0, 0.05) is 23.9 Å². The van der Waals surface area contributed by atoms with Crippen molar-refractivity contribution in [1.29, 1.82) is 0 Å². The van der Waals surface area contributed by atoms with Gasteiger partial charge in [-0.2, -0.15) is 0 Å². The second-order valence-corrected chi connectivity index (χ2v) is 5.96. The second-order valence-electron chi connectivity index (χ2n) is 4.91. The molecule has 0 radical (unpaired) electrons. The van der Waals surface area contributed by atoms with E-state index in [4.69, 9.17) is 4.42 Å². The van der Waals surface area contributed by atoms with Gasteiger partial charge in [0.15, 0.2) is 0 Å². The van der Waals surface area contributed by atoms with Gasteiger partial charge < -0.3 is 9.73 Å². The van der Waals surface area contributed by atoms with Gasteiger partial charge in [-0.1, -0.05) is 32.9 Å². The highest BCUT2D eigenvalue weighted by Crippen LogP contribution is 2.22. The van der Waals surface area contributed by atoms with Crippen molar-refractivity contribution in [2.45, 2.75) is 50.4 Å². The molecule has 0 saturated heterocycles. The number of nitrogens with one attached hydrogen (secondary N) is 1. The maximum absolute atomic E-state index is 5.49. The maximum atomic E-state index is 5.49. The normalized spacial score (nSPS) is 11.2. The van der Waals surface area contributed by atoms with E-state index in [0.717, 1.165) is 18.7 Å². The van der Waals surface area contributed by atoms with E-state index in [-0.39, 0.29) is 0 Å². The van der Waals surface area contributed by atoms with Crippen LogP contribution in [0.3, 0.4) is 0 Å². The van der Waals surface area contributed by atoms with Gasteiger partial charge in [0.05, 0.1) is 5.75 Å². The lowest BCUT2D eigenvalue weighted by atomic mass is 10.2. The van der Waals surface area contributed by atoms with Crippen molar-refractivity contribution in [2.24, 2.45) is 0 Å². The van der Waals surface area contributed by atoms with Gasteiger partial charge >= 0.3 is 0 Å². The van der Waals surface area contributed by atoms with Crippen molar-refractivity contribution in [2.75, 3.05) is 0 Å². The summed E-state index contributed by atoms with van der Waals surface area (Å²) in [5, 5.41) is 11.4. The number of benzene rings is 1. The highest BCUT2D eigenvalue weighted by molar-refractivity contribution is 7.98. The molecule has 108 valence electrons. The zero-order valence-electron chi connectivity index (χ0n) is 12.2. The summed E-state index contributed by atoms with van der Waals surface area (Å²) in [6.07, 6.45) is 0.787. The fourth-order valence-corrected chi connectivity index (χ4v) is 2.40. The molecular formula is C15H21N3OS. The highest BCUT2D eigenvalue weighted by Gasteiger charge is 2.05. The zero-order valence-corrected chi connectivity index (χ0v) is 13.0. The number of thioether (sulfide) groups is 1. The smallest absolute Gasteiger partial charge is 0.226 e. The topological polar surface area (TPSA) is 51.0 Å². The molecule has 0 atom stereocenters. The third-order valence-corrected chi connectivity index (χ3v) is 3.81. The molecule has 0 spiro atoms. The summed E-state index contributed by atoms with van der Waals surface area (Å²) >= 11 is 1.71. The zero-order chi connectivity index (χ0) is 14.4. The summed E-state index contributed by atoms with van der Waals surface area (Å²) in [6, 6.07) is 9.10. The van der Waals surface area contributed by atoms with Gasteiger partial charge in [0.25, 0.3) is 0 Å². The molecule has 4 nitrogen and oxygen atoms in total. The maximum Gasteiger partial charge on any atom is 0.226 e. The Kier molecular flexibility index (Phi) is 5.61. The van der Waals surface area contributed by atoms with E-state index >= 15 is 0 Å². The van der Waals surface area contributed by atoms with Gasteiger partial charge in [0.2, 0.25) is 11.8 Å². The molecule has 1 N–H and O–H groups in total. The molecule has 5 heteroatoms. The predicted octanol–water partition coefficient (Wildman–Crippen LogP) is 3.42. The number of rotatable bonds is 7. The van der Waals surface area contributed by atoms with E-state index in [1.54, 1.807) is 11.8 Å². The van der Waals surface area contributed by atoms with E-state index in [2.05, 4.69) is 53.6 Å². The molecular weight excluding hydrogens is 270 g/mol. The Bertz CT molecular complexity index is 522. The average molecular weight is 291 g/mol. The van der Waals surface area contributed by atoms with Crippen molar-refractivity contribution in [3.63, 3.8) is 0 Å². The Morgan fingerprint density at radius 2 is 1.85 bits per heavy atom. The van der Waals surface area contributed by atoms with Gasteiger partial charge in [-0.25, -0.2) is 0 Å². The molecule has 0 aliphatic rings. The van der Waals surface area contributed by atoms with Crippen molar-refractivity contribution in [3.8, 4) is 0 Å². The molecule has 0 aliphatic heterocycles. The summed E-state index contributed by atoms with van der Waals surface area (Å²) in [6.45, 7) is 7.22. The van der Waals surface area contributed by atoms with Gasteiger partial charge in [-0.05, 0) is 17.7 Å². The van der Waals surface area contributed by atoms with Gasteiger partial charge in [-0.15, -0.1) is 22.0 Å². The van der Waals surface area contributed by atoms with E-state index in [1.807, 2.05) is 6.92 Å². The van der Waals surface area contributed by atoms with Crippen LogP contribution in [-0.2, 0) is 18.7 Å². The van der Waals surface area contributed by atoms with Crippen LogP contribution in [-0.4, -0.2) is 16.2 Å². The van der Waals surface area contributed by atoms with Crippen molar-refractivity contribution < 1.29 is 4.42 Å². The van der Waals surface area contributed by atoms with Crippen LogP contribution < -0.4 is 5.32 Å². The third-order valence-electron chi connectivity index (χ3n) is 2.81. The molecule has 2 aromatic rings. The first-order chi connectivity index (χ1) is 9.67. The van der Waals surface area contributed by atoms with Gasteiger partial charge in [0.1, 0.15) is 0 Å². The first-order valence-electron chi connectivity index (χ1n) is 6.93. The number of nitrogens with zero attached hydrogens (tertiary/aromatic N) is 2. The van der Waals surface area contributed by atoms with Crippen LogP contribution in [0.2, 0.25) is 0 Å². The van der Waals surface area contributed by atoms with Gasteiger partial charge in [-0.3, -0.25) is 0 Å². The standard InChI is InChI=1S/C15H21N3OS/c1-4-14-17-18-15(19-14)10-20-13-7-5-12(6-8-13)9-16-11(2)3/h5-8,11,16H,4,9-10H2,1-3H3. The summed E-state index contributed by atoms with van der Waals surface area (Å²) in [5.41, 5.74) is 1.30. The Morgan fingerprint density at radius 3 is 2.45 bits per heavy atom. The number of hydrogen-bond acceptors (Lipinski definition) is 5. The fourth-order valence-electron chi connectivity index (χ4n) is 1.66. The highest BCUT2D eigenvalue weighted by atomic mass is 32.2. The summed E-state index contributed by atoms with van der Waals surface area (Å²) in [4.78, 5) is 1.22. The van der Waals surface area contributed by atoms with Crippen LogP contribution in [0.4, 0.5) is 0 Å². The Hall–Kier alpha value is -1.33. The lowest BCUT2D eigenvalue weighted by Gasteiger charge is -2.08. The van der Waals surface area contributed by atoms with Crippen LogP contribution in [0, 0.1) is 0 Å². The molecule has 2 rings (SSSR count). The minimum absolute atomic E-state index is 0.509. The summed E-state index contributed by atoms with van der Waals surface area (Å²) in [7, 11) is 0. The van der Waals surface area contributed by atoms with Crippen LogP contribution in [0.15, 0.2) is 33.6 Å². The fraction of sp³-hybridized carbons (Fsp3) is 0.467. The van der Waals surface area contributed by atoms with Crippen LogP contribution in [0.5, 0.6) is 0 Å². The van der Waals surface area contributed by atoms with E-state index in [0.29, 0.717) is 17.8 Å². The lowest BCUT2D eigenvalue weighted by molar-refractivity contribution is 0.470. The summed E-state index contributed by atoms with van der Waals surface area (Å²) < 4.78 is 5.49. The predicted molar refractivity (Wildman–Crippen MR) is 81.7 cm³/mol. The molecule has 1 heterocycles. The molecule has 1 aromatic carbocycles. The third kappa shape index (κ3) is 4.65. The SMILES string of the molecule is CCc1nnc(CSc2ccc(CNC(C)C)cc2)o1. The number of aromatic nitrogens is 2. The monoisotopic (exact) mass is 291 g/mol. The Morgan fingerprint density at radius 1 is 1.15 bits per heavy atom.